The summed E-state index contributed by atoms with van der Waals surface area (Å²) in [5.74, 6) is 0. The third kappa shape index (κ3) is 10.5. The third-order valence-electron chi connectivity index (χ3n) is 14.1. The number of rotatable bonds is 0. The molecule has 0 nitrogen and oxygen atoms in total. The van der Waals surface area contributed by atoms with E-state index in [2.05, 4.69) is 187 Å². The number of hydrogen-bond donors (Lipinski definition) is 0. The minimum atomic E-state index is 0. The van der Waals surface area contributed by atoms with Crippen LogP contribution in [0.5, 0.6) is 0 Å². The van der Waals surface area contributed by atoms with E-state index in [4.69, 9.17) is 0 Å². The molecule has 4 heteroatoms. The zero-order valence-corrected chi connectivity index (χ0v) is 46.8. The van der Waals surface area contributed by atoms with E-state index in [1.54, 1.807) is 0 Å². The normalized spacial score (nSPS) is 10.5. The first-order chi connectivity index (χ1) is 26.1. The van der Waals surface area contributed by atoms with E-state index in [0.29, 0.717) is 0 Å². The molecule has 0 heterocycles. The fourth-order valence-corrected chi connectivity index (χ4v) is 8.96. The monoisotopic (exact) mass is 990 g/mol. The van der Waals surface area contributed by atoms with Gasteiger partial charge in [0.1, 0.15) is 0 Å². The van der Waals surface area contributed by atoms with Crippen molar-refractivity contribution >= 4 is 43.1 Å². The van der Waals surface area contributed by atoms with Crippen LogP contribution in [0.25, 0.3) is 43.1 Å². The Morgan fingerprint density at radius 1 is 0.217 bits per heavy atom. The van der Waals surface area contributed by atoms with Gasteiger partial charge in [-0.05, 0) is 83.1 Å². The quantitative estimate of drug-likeness (QED) is 0.133. The summed E-state index contributed by atoms with van der Waals surface area (Å²) in [5.41, 5.74) is 28.6. The van der Waals surface area contributed by atoms with E-state index in [-0.39, 0.29) is 77.2 Å². The van der Waals surface area contributed by atoms with Crippen LogP contribution in [0.4, 0.5) is 0 Å². The molecule has 0 radical (unpaired) electrons. The molecule has 0 saturated heterocycles. The minimum Gasteiger partial charge on any atom is -1.00 e. The fourth-order valence-electron chi connectivity index (χ4n) is 8.96. The molecular weight excluding hydrogens is 926 g/mol. The van der Waals surface area contributed by atoms with Crippen LogP contribution in [-0.4, -0.2) is 0 Å². The maximum atomic E-state index is 2.30. The van der Waals surface area contributed by atoms with Crippen LogP contribution in [0.15, 0.2) is 48.5 Å². The molecule has 0 spiro atoms. The predicted molar refractivity (Wildman–Crippen MR) is 253 cm³/mol. The van der Waals surface area contributed by atoms with Crippen molar-refractivity contribution in [3.05, 3.63) is 160 Å². The second-order valence-corrected chi connectivity index (χ2v) is 17.4. The van der Waals surface area contributed by atoms with Crippen molar-refractivity contribution in [2.45, 2.75) is 138 Å². The van der Waals surface area contributed by atoms with E-state index in [0.717, 1.165) is 0 Å². The van der Waals surface area contributed by atoms with Crippen molar-refractivity contribution in [3.63, 3.8) is 0 Å². The number of hydrogen-bond acceptors (Lipinski definition) is 0. The van der Waals surface area contributed by atoms with Crippen LogP contribution in [-0.2, 0) is 52.4 Å². The Morgan fingerprint density at radius 2 is 0.350 bits per heavy atom. The molecule has 0 amide bonds. The molecular formula is C56H68Cl2Zr2-2. The molecule has 0 aliphatic carbocycles. The third-order valence-corrected chi connectivity index (χ3v) is 14.1. The van der Waals surface area contributed by atoms with Gasteiger partial charge >= 0.3 is 52.4 Å². The minimum absolute atomic E-state index is 0. The van der Waals surface area contributed by atoms with Crippen LogP contribution >= 0.6 is 0 Å². The average molecular weight is 995 g/mol. The van der Waals surface area contributed by atoms with Crippen molar-refractivity contribution in [2.24, 2.45) is 0 Å². The molecule has 8 aromatic carbocycles. The van der Waals surface area contributed by atoms with E-state index >= 15 is 0 Å². The first kappa shape index (κ1) is 55.7. The molecule has 0 saturated carbocycles. The van der Waals surface area contributed by atoms with Gasteiger partial charge in [-0.15, -0.1) is 112 Å². The Balaban J connectivity index is 0.000000391. The van der Waals surface area contributed by atoms with E-state index in [1.807, 2.05) is 0 Å². The zero-order valence-electron chi connectivity index (χ0n) is 40.4. The van der Waals surface area contributed by atoms with E-state index in [1.165, 1.54) is 154 Å². The summed E-state index contributed by atoms with van der Waals surface area (Å²) in [6, 6.07) is 18.4. The largest absolute Gasteiger partial charge is 2.00 e. The fraction of sp³-hybridized carbons (Fsp3) is 0.357. The van der Waals surface area contributed by atoms with Crippen LogP contribution in [0.1, 0.15) is 111 Å². The Hall–Kier alpha value is -2.33. The van der Waals surface area contributed by atoms with Gasteiger partial charge in [-0.2, -0.15) is 24.3 Å². The molecule has 0 aromatic heterocycles. The Morgan fingerprint density at radius 3 is 0.500 bits per heavy atom. The first-order valence-electron chi connectivity index (χ1n) is 20.6. The molecule has 8 rings (SSSR count). The summed E-state index contributed by atoms with van der Waals surface area (Å²) in [4.78, 5) is 0. The topological polar surface area (TPSA) is 0 Å². The molecule has 316 valence electrons. The first-order valence-corrected chi connectivity index (χ1v) is 20.6. The molecule has 0 bridgehead atoms. The molecule has 60 heavy (non-hydrogen) atoms. The number of halogens is 2. The van der Waals surface area contributed by atoms with Crippen molar-refractivity contribution < 1.29 is 77.2 Å². The zero-order chi connectivity index (χ0) is 41.8. The summed E-state index contributed by atoms with van der Waals surface area (Å²) in [6.45, 7) is 44.3. The maximum absolute atomic E-state index is 2.30. The van der Waals surface area contributed by atoms with E-state index < -0.39 is 0 Å². The van der Waals surface area contributed by atoms with Gasteiger partial charge in [0.25, 0.3) is 0 Å². The molecule has 0 fully saturated rings. The second kappa shape index (κ2) is 21.8. The molecule has 0 unspecified atom stereocenters. The summed E-state index contributed by atoms with van der Waals surface area (Å²) in [5, 5.41) is 11.5. The molecule has 0 N–H and O–H groups in total. The van der Waals surface area contributed by atoms with Gasteiger partial charge in [-0.1, -0.05) is 122 Å². The number of benzene rings is 4. The Kier molecular flexibility index (Phi) is 20.3. The van der Waals surface area contributed by atoms with Gasteiger partial charge in [0, 0.05) is 0 Å². The van der Waals surface area contributed by atoms with Gasteiger partial charge in [0.05, 0.1) is 0 Å². The van der Waals surface area contributed by atoms with Gasteiger partial charge in [-0.25, -0.2) is 0 Å². The van der Waals surface area contributed by atoms with Crippen molar-refractivity contribution in [3.8, 4) is 0 Å². The molecule has 0 aliphatic rings. The average Bonchev–Trinajstić information content (AvgIpc) is 3.96. The van der Waals surface area contributed by atoms with E-state index in [9.17, 15) is 0 Å². The van der Waals surface area contributed by atoms with Crippen molar-refractivity contribution in [2.75, 3.05) is 0 Å². The van der Waals surface area contributed by atoms with Crippen LogP contribution in [0, 0.1) is 138 Å². The maximum Gasteiger partial charge on any atom is 2.00 e. The van der Waals surface area contributed by atoms with Crippen LogP contribution in [0.2, 0.25) is 0 Å². The molecule has 0 atom stereocenters. The summed E-state index contributed by atoms with van der Waals surface area (Å²) < 4.78 is 0. The molecule has 8 aromatic rings. The van der Waals surface area contributed by atoms with Crippen molar-refractivity contribution in [1.82, 2.24) is 0 Å². The van der Waals surface area contributed by atoms with Crippen LogP contribution < -0.4 is 24.8 Å². The number of aryl methyl sites for hydroxylation is 12. The van der Waals surface area contributed by atoms with Crippen molar-refractivity contribution in [1.29, 1.82) is 0 Å². The SMILES string of the molecule is Cc1cc2c(C)c(C)c(C)c(C)c2[cH-]1.Cc1cc2c(C)c(C)c(C)c(C)c2[cH-]1.Cc1cc2c(C)c(C)c(C)c(C)c2[cH-]1.Cc1cc2c(C)c(C)c(C)c(C)c2[cH-]1.[Cl-].[Cl-].[Zr+2].[Zr+2]. The van der Waals surface area contributed by atoms with Crippen LogP contribution in [0.3, 0.4) is 0 Å². The van der Waals surface area contributed by atoms with Gasteiger partial charge < -0.3 is 24.8 Å². The number of fused-ring (bicyclic) bond motifs is 4. The second-order valence-electron chi connectivity index (χ2n) is 17.4. The molecule has 0 aliphatic heterocycles. The predicted octanol–water partition coefficient (Wildman–Crippen LogP) is 10.4. The van der Waals surface area contributed by atoms with Gasteiger partial charge in [0.2, 0.25) is 0 Å². The summed E-state index contributed by atoms with van der Waals surface area (Å²) >= 11 is 0. The standard InChI is InChI=1S/4C14H17.2ClH.2Zr/c4*1-8-6-13-11(4)9(2)10(3)12(5)14(13)7-8;;;;/h4*6-7H,1-5H3;2*1H;;/q4*-1;;;2*+2/p-2. The Bertz CT molecular complexity index is 2220. The van der Waals surface area contributed by atoms with Gasteiger partial charge in [-0.3, -0.25) is 0 Å². The van der Waals surface area contributed by atoms with Gasteiger partial charge in [0.15, 0.2) is 0 Å². The summed E-state index contributed by atoms with van der Waals surface area (Å²) in [6.07, 6.45) is 0. The Labute approximate surface area is 414 Å². The summed E-state index contributed by atoms with van der Waals surface area (Å²) in [7, 11) is 0. The smallest absolute Gasteiger partial charge is 1.00 e.